The minimum Gasteiger partial charge on any atom is -0.493 e. The van der Waals surface area contributed by atoms with E-state index in [2.05, 4.69) is 52.6 Å². The van der Waals surface area contributed by atoms with Crippen LogP contribution in [0.5, 0.6) is 5.75 Å². The van der Waals surface area contributed by atoms with Crippen LogP contribution in [0.3, 0.4) is 0 Å². The highest BCUT2D eigenvalue weighted by Gasteiger charge is 2.22. The van der Waals surface area contributed by atoms with Crippen LogP contribution in [0.15, 0.2) is 29.3 Å². The van der Waals surface area contributed by atoms with Gasteiger partial charge in [0.25, 0.3) is 0 Å². The number of nitrogens with zero attached hydrogens (tertiary/aromatic N) is 3. The van der Waals surface area contributed by atoms with Crippen molar-refractivity contribution in [3.8, 4) is 5.75 Å². The summed E-state index contributed by atoms with van der Waals surface area (Å²) in [5.74, 6) is 2.63. The Labute approximate surface area is 176 Å². The highest BCUT2D eigenvalue weighted by atomic mass is 16.5. The predicted molar refractivity (Wildman–Crippen MR) is 121 cm³/mol. The Balaban J connectivity index is 1.43. The number of rotatable bonds is 10. The molecule has 3 rings (SSSR count). The topological polar surface area (TPSA) is 52.1 Å². The molecule has 0 bridgehead atoms. The Morgan fingerprint density at radius 2 is 2.00 bits per heavy atom. The predicted octanol–water partition coefficient (Wildman–Crippen LogP) is 2.56. The lowest BCUT2D eigenvalue weighted by Gasteiger charge is -2.20. The Bertz CT molecular complexity index is 631. The van der Waals surface area contributed by atoms with Crippen molar-refractivity contribution in [3.63, 3.8) is 0 Å². The number of hydrogen-bond acceptors (Lipinski definition) is 4. The van der Waals surface area contributed by atoms with Crippen LogP contribution in [0.4, 0.5) is 0 Å². The van der Waals surface area contributed by atoms with Crippen molar-refractivity contribution in [3.05, 3.63) is 29.8 Å². The third-order valence-electron chi connectivity index (χ3n) is 5.65. The summed E-state index contributed by atoms with van der Waals surface area (Å²) >= 11 is 0. The van der Waals surface area contributed by atoms with E-state index >= 15 is 0 Å². The number of aliphatic imine (C=N–C) groups is 1. The zero-order chi connectivity index (χ0) is 20.3. The lowest BCUT2D eigenvalue weighted by molar-refractivity contribution is 0.274. The summed E-state index contributed by atoms with van der Waals surface area (Å²) < 4.78 is 6.02. The van der Waals surface area contributed by atoms with Crippen LogP contribution in [0.1, 0.15) is 38.2 Å². The molecule has 0 atom stereocenters. The molecule has 6 nitrogen and oxygen atoms in total. The third-order valence-corrected chi connectivity index (χ3v) is 5.65. The molecule has 0 amide bonds. The van der Waals surface area contributed by atoms with E-state index < -0.39 is 0 Å². The SMILES string of the molecule is CCNC(=NCc1ccccc1OCC1CC1)NCCCN1CCCN(C)CC1. The van der Waals surface area contributed by atoms with Gasteiger partial charge in [0, 0.05) is 31.7 Å². The van der Waals surface area contributed by atoms with Gasteiger partial charge in [0.2, 0.25) is 0 Å². The summed E-state index contributed by atoms with van der Waals surface area (Å²) in [5, 5.41) is 6.86. The normalized spacial score (nSPS) is 19.0. The monoisotopic (exact) mass is 401 g/mol. The van der Waals surface area contributed by atoms with E-state index in [0.29, 0.717) is 6.54 Å². The second-order valence-corrected chi connectivity index (χ2v) is 8.34. The van der Waals surface area contributed by atoms with Gasteiger partial charge in [-0.3, -0.25) is 0 Å². The number of likely N-dealkylation sites (N-methyl/N-ethyl adjacent to an activating group) is 1. The van der Waals surface area contributed by atoms with Crippen LogP contribution < -0.4 is 15.4 Å². The first kappa shape index (κ1) is 21.9. The maximum Gasteiger partial charge on any atom is 0.191 e. The number of guanidine groups is 1. The van der Waals surface area contributed by atoms with Crippen molar-refractivity contribution in [1.82, 2.24) is 20.4 Å². The van der Waals surface area contributed by atoms with E-state index in [1.54, 1.807) is 0 Å². The molecule has 1 aliphatic heterocycles. The van der Waals surface area contributed by atoms with Crippen LogP contribution >= 0.6 is 0 Å². The Morgan fingerprint density at radius 1 is 1.14 bits per heavy atom. The minimum atomic E-state index is 0.634. The molecule has 2 aliphatic rings. The molecule has 1 aromatic rings. The highest BCUT2D eigenvalue weighted by molar-refractivity contribution is 5.79. The minimum absolute atomic E-state index is 0.634. The lowest BCUT2D eigenvalue weighted by Crippen LogP contribution is -2.39. The van der Waals surface area contributed by atoms with Crippen molar-refractivity contribution in [2.45, 2.75) is 39.2 Å². The van der Waals surface area contributed by atoms with Gasteiger partial charge in [0.05, 0.1) is 13.2 Å². The molecule has 0 spiro atoms. The van der Waals surface area contributed by atoms with Crippen LogP contribution in [-0.2, 0) is 6.54 Å². The second-order valence-electron chi connectivity index (χ2n) is 8.34. The van der Waals surface area contributed by atoms with Crippen molar-refractivity contribution >= 4 is 5.96 Å². The van der Waals surface area contributed by atoms with E-state index in [9.17, 15) is 0 Å². The standard InChI is InChI=1S/C23H39N5O/c1-3-24-23(25-12-6-14-28-15-7-13-27(2)16-17-28)26-18-21-8-4-5-9-22(21)29-19-20-10-11-20/h4-5,8-9,20H,3,6-7,10-19H2,1-2H3,(H2,24,25,26). The van der Waals surface area contributed by atoms with Gasteiger partial charge in [-0.1, -0.05) is 18.2 Å². The van der Waals surface area contributed by atoms with E-state index in [-0.39, 0.29) is 0 Å². The van der Waals surface area contributed by atoms with E-state index in [1.165, 1.54) is 45.4 Å². The smallest absolute Gasteiger partial charge is 0.191 e. The Hall–Kier alpha value is -1.79. The van der Waals surface area contributed by atoms with Gasteiger partial charge in [0.1, 0.15) is 5.75 Å². The Morgan fingerprint density at radius 3 is 2.83 bits per heavy atom. The lowest BCUT2D eigenvalue weighted by atomic mass is 10.2. The summed E-state index contributed by atoms with van der Waals surface area (Å²) in [6.07, 6.45) is 5.03. The number of hydrogen-bond donors (Lipinski definition) is 2. The van der Waals surface area contributed by atoms with Crippen LogP contribution in [-0.4, -0.2) is 75.2 Å². The number of benzene rings is 1. The molecule has 0 unspecified atom stereocenters. The summed E-state index contributed by atoms with van der Waals surface area (Å²) in [4.78, 5) is 9.81. The maximum atomic E-state index is 6.02. The fourth-order valence-electron chi connectivity index (χ4n) is 3.61. The molecule has 2 N–H and O–H groups in total. The zero-order valence-electron chi connectivity index (χ0n) is 18.3. The Kier molecular flexibility index (Phi) is 9.09. The van der Waals surface area contributed by atoms with Crippen LogP contribution in [0.2, 0.25) is 0 Å². The first-order valence-electron chi connectivity index (χ1n) is 11.4. The van der Waals surface area contributed by atoms with Gasteiger partial charge in [-0.25, -0.2) is 4.99 Å². The molecular formula is C23H39N5O. The molecule has 6 heteroatoms. The van der Waals surface area contributed by atoms with Gasteiger partial charge in [0.15, 0.2) is 5.96 Å². The molecule has 0 aromatic heterocycles. The third kappa shape index (κ3) is 8.23. The second kappa shape index (κ2) is 12.0. The molecule has 1 saturated heterocycles. The molecule has 2 fully saturated rings. The first-order valence-corrected chi connectivity index (χ1v) is 11.4. The molecule has 29 heavy (non-hydrogen) atoms. The van der Waals surface area contributed by atoms with Gasteiger partial charge >= 0.3 is 0 Å². The molecular weight excluding hydrogens is 362 g/mol. The molecule has 1 aromatic carbocycles. The fourth-order valence-corrected chi connectivity index (χ4v) is 3.61. The summed E-state index contributed by atoms with van der Waals surface area (Å²) in [7, 11) is 2.22. The zero-order valence-corrected chi connectivity index (χ0v) is 18.3. The molecule has 1 heterocycles. The summed E-state index contributed by atoms with van der Waals surface area (Å²) in [5.41, 5.74) is 1.15. The van der Waals surface area contributed by atoms with E-state index in [0.717, 1.165) is 55.9 Å². The van der Waals surface area contributed by atoms with Crippen LogP contribution in [0, 0.1) is 5.92 Å². The van der Waals surface area contributed by atoms with Crippen molar-refractivity contribution in [2.75, 3.05) is 59.5 Å². The molecule has 1 aliphatic carbocycles. The van der Waals surface area contributed by atoms with Gasteiger partial charge < -0.3 is 25.2 Å². The molecule has 162 valence electrons. The average molecular weight is 402 g/mol. The quantitative estimate of drug-likeness (QED) is 0.359. The maximum absolute atomic E-state index is 6.02. The largest absolute Gasteiger partial charge is 0.493 e. The van der Waals surface area contributed by atoms with Crippen LogP contribution in [0.25, 0.3) is 0 Å². The van der Waals surface area contributed by atoms with Gasteiger partial charge in [-0.15, -0.1) is 0 Å². The van der Waals surface area contributed by atoms with Crippen molar-refractivity contribution in [2.24, 2.45) is 10.9 Å². The fraction of sp³-hybridized carbons (Fsp3) is 0.696. The number of para-hydroxylation sites is 1. The van der Waals surface area contributed by atoms with Crippen molar-refractivity contribution in [1.29, 1.82) is 0 Å². The first-order chi connectivity index (χ1) is 14.2. The van der Waals surface area contributed by atoms with E-state index in [1.807, 2.05) is 6.07 Å². The molecule has 0 radical (unpaired) electrons. The molecule has 1 saturated carbocycles. The van der Waals surface area contributed by atoms with Gasteiger partial charge in [-0.05, 0) is 71.3 Å². The van der Waals surface area contributed by atoms with E-state index in [4.69, 9.17) is 9.73 Å². The summed E-state index contributed by atoms with van der Waals surface area (Å²) in [6, 6.07) is 8.28. The average Bonchev–Trinajstić information content (AvgIpc) is 3.57. The number of ether oxygens (including phenoxy) is 1. The van der Waals surface area contributed by atoms with Gasteiger partial charge in [-0.2, -0.15) is 0 Å². The number of nitrogens with one attached hydrogen (secondary N) is 2. The van der Waals surface area contributed by atoms with Crippen molar-refractivity contribution < 1.29 is 4.74 Å². The highest BCUT2D eigenvalue weighted by Crippen LogP contribution is 2.30. The summed E-state index contributed by atoms with van der Waals surface area (Å²) in [6.45, 7) is 11.3.